The number of hydrogen-bond donors (Lipinski definition) is 0. The van der Waals surface area contributed by atoms with Gasteiger partial charge in [-0.05, 0) is 31.7 Å². The van der Waals surface area contributed by atoms with Crippen LogP contribution in [0.3, 0.4) is 0 Å². The van der Waals surface area contributed by atoms with Gasteiger partial charge in [0.2, 0.25) is 0 Å². The fraction of sp³-hybridized carbons (Fsp3) is 0.538. The summed E-state index contributed by atoms with van der Waals surface area (Å²) in [6.07, 6.45) is 6.20. The minimum Gasteiger partial charge on any atom is -0.123 e. The highest BCUT2D eigenvalue weighted by Gasteiger charge is 1.96. The minimum atomic E-state index is 0.340. The van der Waals surface area contributed by atoms with Crippen LogP contribution in [0.25, 0.3) is 0 Å². The van der Waals surface area contributed by atoms with Crippen LogP contribution < -0.4 is 0 Å². The topological polar surface area (TPSA) is 0 Å². The molecule has 0 bridgehead atoms. The summed E-state index contributed by atoms with van der Waals surface area (Å²) < 4.78 is 0. The van der Waals surface area contributed by atoms with Crippen LogP contribution in [0.1, 0.15) is 38.2 Å². The summed E-state index contributed by atoms with van der Waals surface area (Å²) in [4.78, 5) is 0. The molecular weight excluding hydrogens is 192 g/mol. The number of benzene rings is 1. The zero-order chi connectivity index (χ0) is 10.2. The van der Waals surface area contributed by atoms with Gasteiger partial charge in [-0.15, -0.1) is 11.6 Å². The molecule has 78 valence electrons. The average molecular weight is 211 g/mol. The van der Waals surface area contributed by atoms with E-state index in [1.807, 2.05) is 0 Å². The first-order valence-electron chi connectivity index (χ1n) is 5.47. The lowest BCUT2D eigenvalue weighted by molar-refractivity contribution is 0.636. The molecule has 0 aliphatic heterocycles. The molecule has 0 saturated carbocycles. The lowest BCUT2D eigenvalue weighted by Gasteiger charge is -2.03. The maximum absolute atomic E-state index is 5.87. The predicted octanol–water partition coefficient (Wildman–Crippen LogP) is 4.42. The van der Waals surface area contributed by atoms with Gasteiger partial charge < -0.3 is 0 Å². The molecule has 0 aliphatic carbocycles. The van der Waals surface area contributed by atoms with Crippen LogP contribution in [0, 0.1) is 0 Å². The van der Waals surface area contributed by atoms with Crippen LogP contribution in [-0.2, 0) is 6.42 Å². The maximum Gasteiger partial charge on any atom is 0.0307 e. The number of halogens is 1. The van der Waals surface area contributed by atoms with Crippen molar-refractivity contribution in [2.45, 2.75) is 44.4 Å². The van der Waals surface area contributed by atoms with Gasteiger partial charge in [-0.1, -0.05) is 43.2 Å². The van der Waals surface area contributed by atoms with Crippen molar-refractivity contribution in [2.75, 3.05) is 0 Å². The number of rotatable bonds is 6. The summed E-state index contributed by atoms with van der Waals surface area (Å²) >= 11 is 5.87. The molecule has 0 amide bonds. The molecule has 1 aromatic rings. The Bertz CT molecular complexity index is 228. The van der Waals surface area contributed by atoms with E-state index in [1.165, 1.54) is 31.2 Å². The Labute approximate surface area is 92.3 Å². The van der Waals surface area contributed by atoms with E-state index in [4.69, 9.17) is 11.6 Å². The van der Waals surface area contributed by atoms with E-state index in [9.17, 15) is 0 Å². The molecule has 14 heavy (non-hydrogen) atoms. The van der Waals surface area contributed by atoms with Gasteiger partial charge in [-0.25, -0.2) is 0 Å². The Hall–Kier alpha value is -0.490. The summed E-state index contributed by atoms with van der Waals surface area (Å²) in [5, 5.41) is 0.340. The van der Waals surface area contributed by atoms with E-state index in [0.29, 0.717) is 5.38 Å². The van der Waals surface area contributed by atoms with Crippen LogP contribution in [-0.4, -0.2) is 5.38 Å². The Kier molecular flexibility index (Phi) is 5.70. The van der Waals surface area contributed by atoms with Crippen molar-refractivity contribution < 1.29 is 0 Å². The monoisotopic (exact) mass is 210 g/mol. The summed E-state index contributed by atoms with van der Waals surface area (Å²) in [6, 6.07) is 10.7. The average Bonchev–Trinajstić information content (AvgIpc) is 2.18. The van der Waals surface area contributed by atoms with Crippen LogP contribution in [0.2, 0.25) is 0 Å². The largest absolute Gasteiger partial charge is 0.123 e. The third-order valence-electron chi connectivity index (χ3n) is 2.41. The molecule has 1 rings (SSSR count). The Morgan fingerprint density at radius 1 is 1.07 bits per heavy atom. The first-order chi connectivity index (χ1) is 6.79. The lowest BCUT2D eigenvalue weighted by Crippen LogP contribution is -1.91. The van der Waals surface area contributed by atoms with Crippen LogP contribution in [0.5, 0.6) is 0 Å². The van der Waals surface area contributed by atoms with Crippen LogP contribution in [0.15, 0.2) is 30.3 Å². The second-order valence-electron chi connectivity index (χ2n) is 3.87. The fourth-order valence-corrected chi connectivity index (χ4v) is 1.73. The highest BCUT2D eigenvalue weighted by molar-refractivity contribution is 6.20. The van der Waals surface area contributed by atoms with Crippen molar-refractivity contribution in [1.29, 1.82) is 0 Å². The van der Waals surface area contributed by atoms with Gasteiger partial charge in [-0.2, -0.15) is 0 Å². The van der Waals surface area contributed by atoms with Crippen molar-refractivity contribution in [3.63, 3.8) is 0 Å². The van der Waals surface area contributed by atoms with Gasteiger partial charge in [0.15, 0.2) is 0 Å². The van der Waals surface area contributed by atoms with Crippen molar-refractivity contribution in [3.8, 4) is 0 Å². The number of alkyl halides is 1. The molecule has 0 nitrogen and oxygen atoms in total. The highest BCUT2D eigenvalue weighted by Crippen LogP contribution is 2.10. The zero-order valence-corrected chi connectivity index (χ0v) is 9.63. The Morgan fingerprint density at radius 3 is 2.43 bits per heavy atom. The molecule has 0 radical (unpaired) electrons. The normalized spacial score (nSPS) is 12.7. The maximum atomic E-state index is 5.87. The van der Waals surface area contributed by atoms with Crippen molar-refractivity contribution >= 4 is 11.6 Å². The summed E-state index contributed by atoms with van der Waals surface area (Å²) in [5.41, 5.74) is 1.45. The lowest BCUT2D eigenvalue weighted by atomic mass is 10.1. The minimum absolute atomic E-state index is 0.340. The molecule has 0 saturated heterocycles. The van der Waals surface area contributed by atoms with Gasteiger partial charge in [0.25, 0.3) is 0 Å². The molecular formula is C13H19Cl. The third kappa shape index (κ3) is 5.29. The summed E-state index contributed by atoms with van der Waals surface area (Å²) in [7, 11) is 0. The van der Waals surface area contributed by atoms with Crippen LogP contribution in [0.4, 0.5) is 0 Å². The number of aryl methyl sites for hydroxylation is 1. The molecule has 0 aliphatic rings. The summed E-state index contributed by atoms with van der Waals surface area (Å²) in [6.45, 7) is 2.07. The van der Waals surface area contributed by atoms with E-state index >= 15 is 0 Å². The zero-order valence-electron chi connectivity index (χ0n) is 8.88. The molecule has 1 atom stereocenters. The number of unbranched alkanes of at least 4 members (excludes halogenated alkanes) is 2. The second-order valence-corrected chi connectivity index (χ2v) is 4.61. The van der Waals surface area contributed by atoms with E-state index in [-0.39, 0.29) is 0 Å². The van der Waals surface area contributed by atoms with Gasteiger partial charge in [-0.3, -0.25) is 0 Å². The van der Waals surface area contributed by atoms with Gasteiger partial charge in [0, 0.05) is 5.38 Å². The van der Waals surface area contributed by atoms with E-state index in [0.717, 1.165) is 6.42 Å². The SMILES string of the molecule is CC(Cl)CCCCCc1ccccc1. The molecule has 0 aromatic heterocycles. The van der Waals surface area contributed by atoms with Gasteiger partial charge in [0.05, 0.1) is 0 Å². The molecule has 1 heteroatoms. The first kappa shape index (κ1) is 11.6. The first-order valence-corrected chi connectivity index (χ1v) is 5.90. The second kappa shape index (κ2) is 6.89. The van der Waals surface area contributed by atoms with E-state index in [2.05, 4.69) is 37.3 Å². The highest BCUT2D eigenvalue weighted by atomic mass is 35.5. The molecule has 1 unspecified atom stereocenters. The molecule has 0 spiro atoms. The predicted molar refractivity (Wildman–Crippen MR) is 63.9 cm³/mol. The molecule has 0 fully saturated rings. The van der Waals surface area contributed by atoms with Crippen molar-refractivity contribution in [1.82, 2.24) is 0 Å². The summed E-state index contributed by atoms with van der Waals surface area (Å²) in [5.74, 6) is 0. The van der Waals surface area contributed by atoms with E-state index < -0.39 is 0 Å². The fourth-order valence-electron chi connectivity index (χ4n) is 1.58. The quantitative estimate of drug-likeness (QED) is 0.482. The molecule has 0 N–H and O–H groups in total. The van der Waals surface area contributed by atoms with Crippen LogP contribution >= 0.6 is 11.6 Å². The number of hydrogen-bond acceptors (Lipinski definition) is 0. The van der Waals surface area contributed by atoms with Gasteiger partial charge in [0.1, 0.15) is 0 Å². The smallest absolute Gasteiger partial charge is 0.0307 e. The van der Waals surface area contributed by atoms with Crippen molar-refractivity contribution in [2.24, 2.45) is 0 Å². The van der Waals surface area contributed by atoms with E-state index in [1.54, 1.807) is 0 Å². The molecule has 0 heterocycles. The third-order valence-corrected chi connectivity index (χ3v) is 2.63. The Morgan fingerprint density at radius 2 is 1.79 bits per heavy atom. The standard InChI is InChI=1S/C13H19Cl/c1-12(14)8-4-2-5-9-13-10-6-3-7-11-13/h3,6-7,10-12H,2,4-5,8-9H2,1H3. The van der Waals surface area contributed by atoms with Crippen molar-refractivity contribution in [3.05, 3.63) is 35.9 Å². The van der Waals surface area contributed by atoms with Gasteiger partial charge >= 0.3 is 0 Å². The Balaban J connectivity index is 2.05. The molecule has 1 aromatic carbocycles.